The summed E-state index contributed by atoms with van der Waals surface area (Å²) in [4.78, 5) is 13.9. The Labute approximate surface area is 130 Å². The molecular weight excluding hydrogens is 300 g/mol. The van der Waals surface area contributed by atoms with E-state index in [4.69, 9.17) is 0 Å². The summed E-state index contributed by atoms with van der Waals surface area (Å²) in [6.07, 6.45) is 2.92. The zero-order valence-electron chi connectivity index (χ0n) is 12.6. The second-order valence-corrected chi connectivity index (χ2v) is 8.11. The molecule has 1 aliphatic rings. The molecule has 0 saturated carbocycles. The molecule has 0 N–H and O–H groups in total. The van der Waals surface area contributed by atoms with Gasteiger partial charge >= 0.3 is 0 Å². The van der Waals surface area contributed by atoms with Crippen LogP contribution in [0.1, 0.15) is 12.8 Å². The van der Waals surface area contributed by atoms with Gasteiger partial charge in [0.25, 0.3) is 0 Å². The normalized spacial score (nSPS) is 20.3. The van der Waals surface area contributed by atoms with Gasteiger partial charge in [0.05, 0.1) is 11.5 Å². The van der Waals surface area contributed by atoms with E-state index in [1.807, 2.05) is 36.5 Å². The van der Waals surface area contributed by atoms with Crippen molar-refractivity contribution < 1.29 is 13.2 Å². The van der Waals surface area contributed by atoms with Crippen LogP contribution in [0.25, 0.3) is 10.9 Å². The summed E-state index contributed by atoms with van der Waals surface area (Å²) in [5, 5.41) is 1.16. The quantitative estimate of drug-likeness (QED) is 0.861. The highest BCUT2D eigenvalue weighted by atomic mass is 32.2. The number of hydrogen-bond acceptors (Lipinski definition) is 3. The Bertz CT molecular complexity index is 795. The van der Waals surface area contributed by atoms with Crippen LogP contribution in [0.2, 0.25) is 0 Å². The summed E-state index contributed by atoms with van der Waals surface area (Å²) in [5.74, 6) is 0.291. The number of aromatic nitrogens is 1. The van der Waals surface area contributed by atoms with E-state index in [2.05, 4.69) is 4.57 Å². The molecule has 1 aromatic carbocycles. The summed E-state index contributed by atoms with van der Waals surface area (Å²) >= 11 is 0. The highest BCUT2D eigenvalue weighted by molar-refractivity contribution is 7.91. The molecule has 2 aromatic rings. The summed E-state index contributed by atoms with van der Waals surface area (Å²) in [6, 6.07) is 9.92. The number of sulfone groups is 1. The molecule has 1 atom stereocenters. The highest BCUT2D eigenvalue weighted by Gasteiger charge is 2.32. The Kier molecular flexibility index (Phi) is 3.95. The summed E-state index contributed by atoms with van der Waals surface area (Å²) < 4.78 is 25.1. The van der Waals surface area contributed by atoms with E-state index in [0.717, 1.165) is 10.9 Å². The molecule has 1 fully saturated rings. The van der Waals surface area contributed by atoms with Gasteiger partial charge in [0.1, 0.15) is 0 Å². The number of carbonyl (C=O) groups excluding carboxylic acids is 1. The van der Waals surface area contributed by atoms with E-state index in [1.165, 1.54) is 0 Å². The van der Waals surface area contributed by atoms with E-state index in [-0.39, 0.29) is 23.5 Å². The number of benzene rings is 1. The molecule has 0 spiro atoms. The Balaban J connectivity index is 1.63. The van der Waals surface area contributed by atoms with Gasteiger partial charge in [-0.2, -0.15) is 0 Å². The van der Waals surface area contributed by atoms with Gasteiger partial charge in [-0.1, -0.05) is 18.2 Å². The van der Waals surface area contributed by atoms with Crippen molar-refractivity contribution in [1.29, 1.82) is 0 Å². The average Bonchev–Trinajstić information content (AvgIpc) is 3.07. The first kappa shape index (κ1) is 15.1. The van der Waals surface area contributed by atoms with E-state index in [9.17, 15) is 13.2 Å². The SMILES string of the molecule is CN(C(=O)CCn1ccc2ccccc21)C1CCS(=O)(=O)C1. The molecular formula is C16H20N2O3S. The van der Waals surface area contributed by atoms with Crippen molar-refractivity contribution >= 4 is 26.6 Å². The minimum Gasteiger partial charge on any atom is -0.347 e. The number of hydrogen-bond donors (Lipinski definition) is 0. The molecule has 1 saturated heterocycles. The molecule has 0 aliphatic carbocycles. The van der Waals surface area contributed by atoms with Crippen LogP contribution in [0.3, 0.4) is 0 Å². The second-order valence-electron chi connectivity index (χ2n) is 5.88. The van der Waals surface area contributed by atoms with Crippen LogP contribution in [-0.2, 0) is 21.2 Å². The molecule has 118 valence electrons. The third-order valence-corrected chi connectivity index (χ3v) is 6.15. The van der Waals surface area contributed by atoms with Gasteiger partial charge in [0, 0.05) is 37.8 Å². The van der Waals surface area contributed by atoms with E-state index in [0.29, 0.717) is 19.4 Å². The molecule has 6 heteroatoms. The lowest BCUT2D eigenvalue weighted by atomic mass is 10.2. The lowest BCUT2D eigenvalue weighted by Gasteiger charge is -2.23. The summed E-state index contributed by atoms with van der Waals surface area (Å²) in [6.45, 7) is 0.607. The first-order valence-corrected chi connectivity index (χ1v) is 9.28. The second kappa shape index (κ2) is 5.76. The first-order chi connectivity index (χ1) is 10.5. The number of rotatable bonds is 4. The van der Waals surface area contributed by atoms with Crippen molar-refractivity contribution in [2.24, 2.45) is 0 Å². The highest BCUT2D eigenvalue weighted by Crippen LogP contribution is 2.18. The number of para-hydroxylation sites is 1. The maximum Gasteiger partial charge on any atom is 0.224 e. The maximum atomic E-state index is 12.3. The Morgan fingerprint density at radius 1 is 1.32 bits per heavy atom. The number of fused-ring (bicyclic) bond motifs is 1. The van der Waals surface area contributed by atoms with Crippen molar-refractivity contribution in [3.05, 3.63) is 36.5 Å². The minimum atomic E-state index is -2.96. The molecule has 22 heavy (non-hydrogen) atoms. The molecule has 5 nitrogen and oxygen atoms in total. The van der Waals surface area contributed by atoms with Crippen LogP contribution in [0.4, 0.5) is 0 Å². The van der Waals surface area contributed by atoms with Gasteiger partial charge in [-0.25, -0.2) is 8.42 Å². The Morgan fingerprint density at radius 3 is 2.82 bits per heavy atom. The number of amides is 1. The third kappa shape index (κ3) is 3.02. The van der Waals surface area contributed by atoms with E-state index in [1.54, 1.807) is 11.9 Å². The largest absolute Gasteiger partial charge is 0.347 e. The van der Waals surface area contributed by atoms with Gasteiger partial charge in [-0.15, -0.1) is 0 Å². The van der Waals surface area contributed by atoms with Gasteiger partial charge in [-0.05, 0) is 23.9 Å². The molecule has 1 aliphatic heterocycles. The molecule has 1 amide bonds. The van der Waals surface area contributed by atoms with Gasteiger partial charge in [0.2, 0.25) is 5.91 Å². The van der Waals surface area contributed by atoms with Crippen molar-refractivity contribution in [2.45, 2.75) is 25.4 Å². The minimum absolute atomic E-state index is 0.000110. The van der Waals surface area contributed by atoms with Crippen molar-refractivity contribution in [1.82, 2.24) is 9.47 Å². The fraction of sp³-hybridized carbons (Fsp3) is 0.438. The van der Waals surface area contributed by atoms with E-state index >= 15 is 0 Å². The fourth-order valence-corrected chi connectivity index (χ4v) is 4.79. The zero-order chi connectivity index (χ0) is 15.7. The van der Waals surface area contributed by atoms with Crippen LogP contribution < -0.4 is 0 Å². The zero-order valence-corrected chi connectivity index (χ0v) is 13.4. The van der Waals surface area contributed by atoms with Crippen molar-refractivity contribution in [3.8, 4) is 0 Å². The molecule has 1 aromatic heterocycles. The van der Waals surface area contributed by atoms with Gasteiger partial charge in [-0.3, -0.25) is 4.79 Å². The predicted octanol–water partition coefficient (Wildman–Crippen LogP) is 1.68. The van der Waals surface area contributed by atoms with E-state index < -0.39 is 9.84 Å². The monoisotopic (exact) mass is 320 g/mol. The van der Waals surface area contributed by atoms with Crippen molar-refractivity contribution in [2.75, 3.05) is 18.6 Å². The number of nitrogens with zero attached hydrogens (tertiary/aromatic N) is 2. The van der Waals surface area contributed by atoms with Crippen LogP contribution >= 0.6 is 0 Å². The first-order valence-electron chi connectivity index (χ1n) is 7.46. The molecule has 0 radical (unpaired) electrons. The topological polar surface area (TPSA) is 59.4 Å². The molecule has 2 heterocycles. The Morgan fingerprint density at radius 2 is 2.09 bits per heavy atom. The Hall–Kier alpha value is -1.82. The average molecular weight is 320 g/mol. The number of carbonyl (C=O) groups is 1. The smallest absolute Gasteiger partial charge is 0.224 e. The van der Waals surface area contributed by atoms with Crippen LogP contribution in [0.15, 0.2) is 36.5 Å². The maximum absolute atomic E-state index is 12.3. The van der Waals surface area contributed by atoms with Crippen molar-refractivity contribution in [3.63, 3.8) is 0 Å². The molecule has 0 bridgehead atoms. The van der Waals surface area contributed by atoms with Gasteiger partial charge in [0.15, 0.2) is 9.84 Å². The molecule has 3 rings (SSSR count). The number of aryl methyl sites for hydroxylation is 1. The van der Waals surface area contributed by atoms with Crippen LogP contribution in [0.5, 0.6) is 0 Å². The fourth-order valence-electron chi connectivity index (χ4n) is 3.01. The van der Waals surface area contributed by atoms with Gasteiger partial charge < -0.3 is 9.47 Å². The standard InChI is InChI=1S/C16H20N2O3S/c1-17(14-8-11-22(20,21)12-14)16(19)7-10-18-9-6-13-4-2-3-5-15(13)18/h2-6,9,14H,7-8,10-12H2,1H3. The lowest BCUT2D eigenvalue weighted by molar-refractivity contribution is -0.131. The summed E-state index contributed by atoms with van der Waals surface area (Å²) in [5.41, 5.74) is 1.11. The lowest BCUT2D eigenvalue weighted by Crippen LogP contribution is -2.38. The summed E-state index contributed by atoms with van der Waals surface area (Å²) in [7, 11) is -1.25. The molecule has 1 unspecified atom stereocenters. The third-order valence-electron chi connectivity index (χ3n) is 4.40. The predicted molar refractivity (Wildman–Crippen MR) is 86.4 cm³/mol. The van der Waals surface area contributed by atoms with Crippen LogP contribution in [0, 0.1) is 0 Å². The van der Waals surface area contributed by atoms with Crippen LogP contribution in [-0.4, -0.2) is 48.4 Å².